The number of nitrogens with zero attached hydrogens (tertiary/aromatic N) is 24. The smallest absolute Gasteiger partial charge is 0.290 e. The fourth-order valence-electron chi connectivity index (χ4n) is 22.9. The van der Waals surface area contributed by atoms with Crippen molar-refractivity contribution in [2.24, 2.45) is 11.8 Å². The number of benzene rings is 4. The van der Waals surface area contributed by atoms with E-state index in [2.05, 4.69) is 589 Å². The van der Waals surface area contributed by atoms with E-state index in [0.717, 1.165) is 52.1 Å². The third kappa shape index (κ3) is 20.9. The zero-order valence-corrected chi connectivity index (χ0v) is 109. The Bertz CT molecular complexity index is 5440. The molecule has 0 saturated carbocycles. The summed E-state index contributed by atoms with van der Waals surface area (Å²) >= 11 is 0. The van der Waals surface area contributed by atoms with Crippen molar-refractivity contribution in [3.05, 3.63) is 266 Å². The number of para-hydroxylation sites is 8. The van der Waals surface area contributed by atoms with Gasteiger partial charge in [0.2, 0.25) is 0 Å². The highest BCUT2D eigenvalue weighted by molar-refractivity contribution is 6.94. The topological polar surface area (TPSA) is 87.0 Å². The van der Waals surface area contributed by atoms with Crippen LogP contribution in [0.5, 0.6) is 0 Å². The lowest BCUT2D eigenvalue weighted by atomic mass is 10.1. The Morgan fingerprint density at radius 1 is 0.243 bits per heavy atom. The number of rotatable bonds is 14. The standard InChI is InChI=1S/C27H36N4.C23H32N4Si2.C18H40N4Si4.C14H28N4Si2.C13H24N4Si2.C12H22N4OSi2/c1-20(2)14-18-30-24-12-7-5-10-22(24)28-16-9-17-29-23-11-6-8-13-25(23)31(19-15-21(3)4)27(29)26(28)30;1-28(2,3)26-20-14-9-7-12-18(20)24-16-11-17-25-19-13-8-10-15-21(19)27(29(4,5)6)23(25)22(24)26;1-23(2,3)19-13-14-20(24(4,5)6)17(19)18-21(25(7,8)9)15-16-22(18)26(10,11)12;1-15-9-11-17(19(3,4)5)13(15)14-16(2)10-12-18(14)20(6,7)8;1-14-7-9-16-12(14)13-15(2)8-10-17(13)19(5,6)11-18(16,3)4;1-13-7-9-15-11(13)12-14(2)8-10-16(12)19(5,6)17-18(15,3)4/h5-8,10-13,20-21H,9,14-19H2,1-4H3;7-10,12-15H,11,16-17H2,1-6H3;13-16H,1-12H3;9-12H,1-8H3;7-10H,11H2,1-6H3;7-10H,1-6H3/b;;;14-13+;;. The van der Waals surface area contributed by atoms with E-state index in [0.29, 0.717) is 11.8 Å². The molecule has 4 aromatic rings. The lowest BCUT2D eigenvalue weighted by molar-refractivity contribution is 0.400. The first kappa shape index (κ1) is 109. The minimum atomic E-state index is -1.94. The van der Waals surface area contributed by atoms with Crippen LogP contribution in [0.25, 0.3) is 0 Å². The molecule has 0 spiro atoms. The van der Waals surface area contributed by atoms with E-state index >= 15 is 0 Å². The molecule has 0 atom stereocenters. The third-order valence-corrected chi connectivity index (χ3v) is 61.2. The molecule has 0 N–H and O–H groups in total. The first-order chi connectivity index (χ1) is 66.7. The molecular weight excluding hydrogens is 1970 g/mol. The highest BCUT2D eigenvalue weighted by Crippen LogP contribution is 2.56. The van der Waals surface area contributed by atoms with Crippen LogP contribution < -0.4 is 38.5 Å². The van der Waals surface area contributed by atoms with Crippen LogP contribution >= 0.6 is 0 Å². The van der Waals surface area contributed by atoms with Gasteiger partial charge >= 0.3 is 0 Å². The zero-order valence-electron chi connectivity index (χ0n) is 96.5. The second kappa shape index (κ2) is 39.5. The maximum Gasteiger partial charge on any atom is 0.290 e. The molecule has 25 nitrogen and oxygen atoms in total. The van der Waals surface area contributed by atoms with E-state index in [1.165, 1.54) is 134 Å². The number of anilines is 8. The molecule has 4 aromatic carbocycles. The molecule has 37 heteroatoms. The molecule has 16 aliphatic rings. The Hall–Kier alpha value is -9.00. The van der Waals surface area contributed by atoms with E-state index in [1.807, 2.05) is 0 Å². The van der Waals surface area contributed by atoms with Gasteiger partial charge in [-0.05, 0) is 118 Å². The van der Waals surface area contributed by atoms with Crippen molar-refractivity contribution < 1.29 is 4.12 Å². The third-order valence-electron chi connectivity index (χ3n) is 29.5. The molecule has 0 saturated heterocycles. The average Bonchev–Trinajstić information content (AvgIpc) is 1.54. The van der Waals surface area contributed by atoms with Gasteiger partial charge in [0.1, 0.15) is 58.2 Å². The Labute approximate surface area is 883 Å². The van der Waals surface area contributed by atoms with Gasteiger partial charge in [-0.3, -0.25) is 0 Å². The van der Waals surface area contributed by atoms with Gasteiger partial charge < -0.3 is 118 Å². The average molecular weight is 2160 g/mol. The maximum atomic E-state index is 6.64. The molecule has 784 valence electrons. The molecular formula is C107H182N24OSi12. The van der Waals surface area contributed by atoms with Crippen LogP contribution in [0.15, 0.2) is 266 Å². The van der Waals surface area contributed by atoms with Crippen LogP contribution in [-0.4, -0.2) is 256 Å². The van der Waals surface area contributed by atoms with Crippen molar-refractivity contribution in [2.45, 2.75) is 269 Å². The van der Waals surface area contributed by atoms with Crippen molar-refractivity contribution in [3.8, 4) is 0 Å². The summed E-state index contributed by atoms with van der Waals surface area (Å²) in [6.07, 6.45) is 40.5. The first-order valence-electron chi connectivity index (χ1n) is 53.3. The summed E-state index contributed by atoms with van der Waals surface area (Å²) in [5.74, 6) is 17.7. The van der Waals surface area contributed by atoms with Gasteiger partial charge in [-0.1, -0.05) is 260 Å². The van der Waals surface area contributed by atoms with Crippen LogP contribution in [-0.2, 0) is 4.12 Å². The van der Waals surface area contributed by atoms with Crippen molar-refractivity contribution in [2.75, 3.05) is 120 Å². The minimum absolute atomic E-state index is 0.687. The molecule has 16 heterocycles. The number of hydrogen-bond acceptors (Lipinski definition) is 25. The minimum Gasteiger partial charge on any atom is -0.424 e. The first-order valence-corrected chi connectivity index (χ1v) is 92.9. The normalized spacial score (nSPS) is 21.4. The van der Waals surface area contributed by atoms with Gasteiger partial charge in [0.05, 0.1) is 45.5 Å². The molecule has 0 bridgehead atoms. The Morgan fingerprint density at radius 3 is 0.722 bits per heavy atom. The summed E-state index contributed by atoms with van der Waals surface area (Å²) in [5.41, 5.74) is 12.4. The summed E-state index contributed by atoms with van der Waals surface area (Å²) in [6.45, 7) is 93.4. The summed E-state index contributed by atoms with van der Waals surface area (Å²) in [6, 6.07) is 36.0. The molecule has 0 radical (unpaired) electrons. The van der Waals surface area contributed by atoms with Crippen LogP contribution in [0.3, 0.4) is 0 Å². The van der Waals surface area contributed by atoms with Gasteiger partial charge in [-0.15, -0.1) is 0 Å². The highest BCUT2D eigenvalue weighted by Gasteiger charge is 2.56. The van der Waals surface area contributed by atoms with Crippen molar-refractivity contribution in [1.29, 1.82) is 0 Å². The molecule has 0 aromatic heterocycles. The van der Waals surface area contributed by atoms with Crippen molar-refractivity contribution in [1.82, 2.24) is 75.1 Å². The van der Waals surface area contributed by atoms with Gasteiger partial charge in [0, 0.05) is 181 Å². The zero-order chi connectivity index (χ0) is 106. The Morgan fingerprint density at radius 2 is 0.458 bits per heavy atom. The van der Waals surface area contributed by atoms with E-state index in [1.54, 1.807) is 0 Å². The maximum absolute atomic E-state index is 6.64. The van der Waals surface area contributed by atoms with E-state index in [4.69, 9.17) is 4.12 Å². The lowest BCUT2D eigenvalue weighted by Gasteiger charge is -2.46. The largest absolute Gasteiger partial charge is 0.424 e. The van der Waals surface area contributed by atoms with Gasteiger partial charge in [-0.2, -0.15) is 0 Å². The van der Waals surface area contributed by atoms with Gasteiger partial charge in [0.25, 0.3) is 17.0 Å². The van der Waals surface area contributed by atoms with Crippen LogP contribution in [0.1, 0.15) is 53.4 Å². The van der Waals surface area contributed by atoms with Crippen LogP contribution in [0, 0.1) is 11.8 Å². The summed E-state index contributed by atoms with van der Waals surface area (Å²) < 4.78 is 37.5. The lowest BCUT2D eigenvalue weighted by Crippen LogP contribution is -2.56. The molecule has 0 amide bonds. The molecule has 0 fully saturated rings. The Balaban J connectivity index is 0.000000131. The van der Waals surface area contributed by atoms with E-state index in [-0.39, 0.29) is 0 Å². The predicted molar refractivity (Wildman–Crippen MR) is 646 cm³/mol. The van der Waals surface area contributed by atoms with Crippen LogP contribution in [0.4, 0.5) is 45.5 Å². The molecule has 144 heavy (non-hydrogen) atoms. The predicted octanol–water partition coefficient (Wildman–Crippen LogP) is 25.4. The SMILES string of the molecule is CC(C)CCN1C2=C3N(CCCN2c2ccccc21)c1ccccc1N3CCC(C)C.CN1C=CN([Si](C)(C)C)/C1=C1\N(C)C=CN1[Si](C)(C)C.CN1C=CN2C1=C1N(C)C=CN1[Si](C)(C)C[Si]2(C)C.CN1C=CN2C1=C1N(C)C=CN1[Si](C)(C)O[Si]2(C)C.C[Si](C)(C)N1C2=C3N(CCCN2c2ccccc21)c1ccccc1N3[Si](C)(C)C.C[Si](C)(C)N1C=CN([Si](C)(C)C)C1=C1N([Si](C)(C)C)C=CN1[Si](C)(C)C. The fourth-order valence-corrected chi connectivity index (χ4v) is 55.4. The number of hydrogen-bond donors (Lipinski definition) is 0. The molecule has 0 aliphatic carbocycles. The highest BCUT2D eigenvalue weighted by atomic mass is 28.4. The molecule has 16 aliphatic heterocycles. The van der Waals surface area contributed by atoms with Crippen LogP contribution in [0.2, 0.25) is 215 Å². The van der Waals surface area contributed by atoms with Gasteiger partial charge in [0.15, 0.2) is 94.0 Å². The Kier molecular flexibility index (Phi) is 29.9. The molecule has 0 unspecified atom stereocenters. The van der Waals surface area contributed by atoms with Gasteiger partial charge in [-0.25, -0.2) is 0 Å². The second-order valence-corrected chi connectivity index (χ2v) is 108. The molecule has 20 rings (SSSR count). The summed E-state index contributed by atoms with van der Waals surface area (Å²) in [7, 11) is -6.25. The van der Waals surface area contributed by atoms with E-state index in [9.17, 15) is 0 Å². The monoisotopic (exact) mass is 2160 g/mol. The summed E-state index contributed by atoms with van der Waals surface area (Å²) in [4.78, 5) is 29.1. The van der Waals surface area contributed by atoms with Crippen molar-refractivity contribution >= 4 is 145 Å². The number of fused-ring (bicyclic) bond motifs is 16. The van der Waals surface area contributed by atoms with Crippen molar-refractivity contribution in [3.63, 3.8) is 0 Å². The quantitative estimate of drug-likeness (QED) is 0.112. The fraction of sp³-hybridized carbons (Fsp3) is 0.514. The van der Waals surface area contributed by atoms with E-state index < -0.39 is 99.3 Å². The summed E-state index contributed by atoms with van der Waals surface area (Å²) in [5, 5.41) is 0. The second-order valence-electron chi connectivity index (χ2n) is 52.4.